The largest absolute Gasteiger partial charge is 0.340 e. The summed E-state index contributed by atoms with van der Waals surface area (Å²) in [4.78, 5) is 42.2. The zero-order valence-electron chi connectivity index (χ0n) is 17.3. The van der Waals surface area contributed by atoms with Gasteiger partial charge in [0.2, 0.25) is 5.91 Å². The number of nitrogens with zero attached hydrogens (tertiary/aromatic N) is 3. The van der Waals surface area contributed by atoms with Crippen LogP contribution in [0, 0.1) is 13.8 Å². The number of rotatable bonds is 4. The number of benzene rings is 1. The first-order valence-corrected chi connectivity index (χ1v) is 9.90. The molecule has 0 aliphatic carbocycles. The van der Waals surface area contributed by atoms with E-state index in [0.29, 0.717) is 24.3 Å². The Kier molecular flexibility index (Phi) is 6.49. The lowest BCUT2D eigenvalue weighted by atomic mass is 10.1. The molecule has 0 unspecified atom stereocenters. The van der Waals surface area contributed by atoms with E-state index in [1.807, 2.05) is 31.0 Å². The van der Waals surface area contributed by atoms with Crippen LogP contribution in [0.25, 0.3) is 0 Å². The second-order valence-corrected chi connectivity index (χ2v) is 7.64. The molecule has 2 amide bonds. The summed E-state index contributed by atoms with van der Waals surface area (Å²) in [6, 6.07) is 10.5. The Bertz CT molecular complexity index is 950. The minimum absolute atomic E-state index is 0.0252. The topological polar surface area (TPSA) is 74.7 Å². The van der Waals surface area contributed by atoms with E-state index in [1.54, 1.807) is 31.2 Å². The van der Waals surface area contributed by atoms with Gasteiger partial charge in [0.1, 0.15) is 12.2 Å². The fraction of sp³-hybridized carbons (Fsp3) is 0.409. The van der Waals surface area contributed by atoms with Crippen LogP contribution >= 0.6 is 0 Å². The molecule has 3 rings (SSSR count). The van der Waals surface area contributed by atoms with Gasteiger partial charge >= 0.3 is 0 Å². The molecule has 2 heterocycles. The monoisotopic (exact) mass is 396 g/mol. The van der Waals surface area contributed by atoms with Crippen LogP contribution in [-0.2, 0) is 11.3 Å². The Labute approximate surface area is 170 Å². The summed E-state index contributed by atoms with van der Waals surface area (Å²) < 4.78 is 1.43. The zero-order chi connectivity index (χ0) is 21.0. The Morgan fingerprint density at radius 2 is 1.69 bits per heavy atom. The summed E-state index contributed by atoms with van der Waals surface area (Å²) in [5.74, 6) is -0.424. The van der Waals surface area contributed by atoms with Gasteiger partial charge in [0.25, 0.3) is 11.5 Å². The van der Waals surface area contributed by atoms with Crippen LogP contribution in [0.5, 0.6) is 0 Å². The van der Waals surface area contributed by atoms with E-state index in [1.165, 1.54) is 4.57 Å². The number of pyridine rings is 1. The number of anilines is 1. The highest BCUT2D eigenvalue weighted by molar-refractivity contribution is 6.04. The molecule has 1 saturated heterocycles. The molecule has 0 bridgehead atoms. The van der Waals surface area contributed by atoms with Crippen molar-refractivity contribution in [3.63, 3.8) is 0 Å². The van der Waals surface area contributed by atoms with E-state index in [9.17, 15) is 14.4 Å². The summed E-state index contributed by atoms with van der Waals surface area (Å²) in [6.45, 7) is 6.85. The SMILES string of the molecule is Cc1ccc(C(=O)Nc2ccc(C)n(CC(=O)N3CCCN(C)CC3)c2=O)cc1. The Morgan fingerprint density at radius 3 is 2.41 bits per heavy atom. The van der Waals surface area contributed by atoms with Crippen molar-refractivity contribution in [1.29, 1.82) is 0 Å². The first-order chi connectivity index (χ1) is 13.8. The fourth-order valence-electron chi connectivity index (χ4n) is 3.39. The number of aromatic nitrogens is 1. The molecule has 7 nitrogen and oxygen atoms in total. The molecule has 1 N–H and O–H groups in total. The average Bonchev–Trinajstić information content (AvgIpc) is 2.92. The van der Waals surface area contributed by atoms with Crippen LogP contribution in [0.15, 0.2) is 41.2 Å². The second kappa shape index (κ2) is 9.05. The quantitative estimate of drug-likeness (QED) is 0.856. The predicted octanol–water partition coefficient (Wildman–Crippen LogP) is 1.88. The summed E-state index contributed by atoms with van der Waals surface area (Å²) >= 11 is 0. The average molecular weight is 396 g/mol. The van der Waals surface area contributed by atoms with Gasteiger partial charge in [-0.3, -0.25) is 14.4 Å². The van der Waals surface area contributed by atoms with E-state index < -0.39 is 0 Å². The van der Waals surface area contributed by atoms with Gasteiger partial charge in [0, 0.05) is 30.9 Å². The summed E-state index contributed by atoms with van der Waals surface area (Å²) in [7, 11) is 2.04. The van der Waals surface area contributed by atoms with Gasteiger partial charge in [0.15, 0.2) is 0 Å². The molecule has 1 fully saturated rings. The summed E-state index contributed by atoms with van der Waals surface area (Å²) in [5.41, 5.74) is 2.02. The highest BCUT2D eigenvalue weighted by Gasteiger charge is 2.19. The Balaban J connectivity index is 1.76. The summed E-state index contributed by atoms with van der Waals surface area (Å²) in [5, 5.41) is 2.68. The van der Waals surface area contributed by atoms with Gasteiger partial charge in [-0.25, -0.2) is 0 Å². The Hall–Kier alpha value is -2.93. The number of amides is 2. The third-order valence-electron chi connectivity index (χ3n) is 5.32. The number of aryl methyl sites for hydroxylation is 2. The molecule has 1 aromatic heterocycles. The van der Waals surface area contributed by atoms with Gasteiger partial charge in [-0.1, -0.05) is 17.7 Å². The van der Waals surface area contributed by atoms with Crippen LogP contribution in [0.4, 0.5) is 5.69 Å². The number of hydrogen-bond donors (Lipinski definition) is 1. The maximum absolute atomic E-state index is 12.9. The van der Waals surface area contributed by atoms with Crippen molar-refractivity contribution in [2.75, 3.05) is 38.5 Å². The van der Waals surface area contributed by atoms with E-state index in [-0.39, 0.29) is 29.6 Å². The molecule has 0 radical (unpaired) electrons. The maximum atomic E-state index is 12.9. The Morgan fingerprint density at radius 1 is 0.966 bits per heavy atom. The van der Waals surface area contributed by atoms with Crippen molar-refractivity contribution in [1.82, 2.24) is 14.4 Å². The molecule has 1 aliphatic rings. The van der Waals surface area contributed by atoms with E-state index in [0.717, 1.165) is 25.1 Å². The number of hydrogen-bond acceptors (Lipinski definition) is 4. The first kappa shape index (κ1) is 20.8. The second-order valence-electron chi connectivity index (χ2n) is 7.64. The summed E-state index contributed by atoms with van der Waals surface area (Å²) in [6.07, 6.45) is 0.919. The molecule has 29 heavy (non-hydrogen) atoms. The van der Waals surface area contributed by atoms with Gasteiger partial charge in [-0.05, 0) is 58.1 Å². The lowest BCUT2D eigenvalue weighted by Crippen LogP contribution is -2.39. The number of nitrogens with one attached hydrogen (secondary N) is 1. The number of carbonyl (C=O) groups is 2. The van der Waals surface area contributed by atoms with Gasteiger partial charge in [0.05, 0.1) is 0 Å². The molecule has 0 spiro atoms. The molecular weight excluding hydrogens is 368 g/mol. The van der Waals surface area contributed by atoms with Gasteiger partial charge in [-0.2, -0.15) is 0 Å². The van der Waals surface area contributed by atoms with Gasteiger partial charge in [-0.15, -0.1) is 0 Å². The highest BCUT2D eigenvalue weighted by Crippen LogP contribution is 2.09. The van der Waals surface area contributed by atoms with Crippen molar-refractivity contribution in [3.8, 4) is 0 Å². The lowest BCUT2D eigenvalue weighted by molar-refractivity contribution is -0.131. The zero-order valence-corrected chi connectivity index (χ0v) is 17.3. The van der Waals surface area contributed by atoms with Gasteiger partial charge < -0.3 is 19.7 Å². The van der Waals surface area contributed by atoms with Crippen LogP contribution in [0.2, 0.25) is 0 Å². The standard InChI is InChI=1S/C22H28N4O3/c1-16-5-8-18(9-6-16)21(28)23-19-10-7-17(2)26(22(19)29)15-20(27)25-12-4-11-24(3)13-14-25/h5-10H,4,11-15H2,1-3H3,(H,23,28). The van der Waals surface area contributed by atoms with Crippen molar-refractivity contribution < 1.29 is 9.59 Å². The van der Waals surface area contributed by atoms with E-state index >= 15 is 0 Å². The van der Waals surface area contributed by atoms with Crippen molar-refractivity contribution in [2.45, 2.75) is 26.8 Å². The van der Waals surface area contributed by atoms with Crippen LogP contribution < -0.4 is 10.9 Å². The predicted molar refractivity (Wildman–Crippen MR) is 113 cm³/mol. The third kappa shape index (κ3) is 5.12. The van der Waals surface area contributed by atoms with E-state index in [2.05, 4.69) is 10.2 Å². The molecule has 7 heteroatoms. The normalized spacial score (nSPS) is 15.1. The first-order valence-electron chi connectivity index (χ1n) is 9.90. The minimum Gasteiger partial charge on any atom is -0.340 e. The molecule has 0 atom stereocenters. The van der Waals surface area contributed by atoms with Crippen molar-refractivity contribution in [2.24, 2.45) is 0 Å². The molecular formula is C22H28N4O3. The van der Waals surface area contributed by atoms with Crippen LogP contribution in [0.1, 0.15) is 28.0 Å². The molecule has 0 saturated carbocycles. The smallest absolute Gasteiger partial charge is 0.274 e. The van der Waals surface area contributed by atoms with Crippen molar-refractivity contribution >= 4 is 17.5 Å². The molecule has 154 valence electrons. The molecule has 1 aromatic carbocycles. The number of likely N-dealkylation sites (N-methyl/N-ethyl adjacent to an activating group) is 1. The fourth-order valence-corrected chi connectivity index (χ4v) is 3.39. The number of carbonyl (C=O) groups excluding carboxylic acids is 2. The van der Waals surface area contributed by atoms with Crippen LogP contribution in [-0.4, -0.2) is 59.4 Å². The lowest BCUT2D eigenvalue weighted by Gasteiger charge is -2.22. The highest BCUT2D eigenvalue weighted by atomic mass is 16.2. The maximum Gasteiger partial charge on any atom is 0.274 e. The minimum atomic E-state index is -0.370. The molecule has 1 aliphatic heterocycles. The third-order valence-corrected chi connectivity index (χ3v) is 5.32. The van der Waals surface area contributed by atoms with E-state index in [4.69, 9.17) is 0 Å². The van der Waals surface area contributed by atoms with Crippen LogP contribution in [0.3, 0.4) is 0 Å². The van der Waals surface area contributed by atoms with Crippen molar-refractivity contribution in [3.05, 3.63) is 63.6 Å². The molecule has 2 aromatic rings.